The van der Waals surface area contributed by atoms with Crippen LogP contribution in [0.2, 0.25) is 0 Å². The number of sulfonamides is 1. The van der Waals surface area contributed by atoms with Gasteiger partial charge >= 0.3 is 6.09 Å². The smallest absolute Gasteiger partial charge is 0.409 e. The minimum atomic E-state index is -3.62. The van der Waals surface area contributed by atoms with Crippen molar-refractivity contribution in [2.45, 2.75) is 26.8 Å². The van der Waals surface area contributed by atoms with E-state index in [1.54, 1.807) is 49.2 Å². The lowest BCUT2D eigenvalue weighted by atomic mass is 10.1. The maximum absolute atomic E-state index is 13.0. The van der Waals surface area contributed by atoms with Gasteiger partial charge in [0, 0.05) is 32.4 Å². The summed E-state index contributed by atoms with van der Waals surface area (Å²) in [6.07, 6.45) is 3.07. The molecule has 0 spiro atoms. The van der Waals surface area contributed by atoms with E-state index in [2.05, 4.69) is 16.0 Å². The van der Waals surface area contributed by atoms with E-state index in [-0.39, 0.29) is 18.4 Å². The van der Waals surface area contributed by atoms with Gasteiger partial charge in [-0.3, -0.25) is 4.31 Å². The summed E-state index contributed by atoms with van der Waals surface area (Å²) in [5.74, 6) is -0.0163. The lowest BCUT2D eigenvalue weighted by molar-refractivity contribution is 0.105. The third-order valence-electron chi connectivity index (χ3n) is 5.28. The van der Waals surface area contributed by atoms with Gasteiger partial charge in [-0.2, -0.15) is 5.26 Å². The summed E-state index contributed by atoms with van der Waals surface area (Å²) in [6.45, 7) is 6.01. The fourth-order valence-corrected chi connectivity index (χ4v) is 5.17. The van der Waals surface area contributed by atoms with E-state index < -0.39 is 10.0 Å². The molecule has 0 bridgehead atoms. The number of piperazine rings is 1. The average Bonchev–Trinajstić information content (AvgIpc) is 2.83. The first-order chi connectivity index (χ1) is 15.9. The molecule has 2 aromatic rings. The van der Waals surface area contributed by atoms with Crippen LogP contribution in [0.3, 0.4) is 0 Å². The molecule has 3 rings (SSSR count). The molecule has 0 aliphatic carbocycles. The van der Waals surface area contributed by atoms with Gasteiger partial charge in [-0.1, -0.05) is 6.92 Å². The number of anilines is 2. The van der Waals surface area contributed by atoms with E-state index in [4.69, 9.17) is 4.74 Å². The molecule has 0 saturated carbocycles. The van der Waals surface area contributed by atoms with Crippen molar-refractivity contribution in [2.24, 2.45) is 0 Å². The predicted molar refractivity (Wildman–Crippen MR) is 124 cm³/mol. The number of hydrogen-bond acceptors (Lipinski definition) is 8. The molecule has 0 radical (unpaired) electrons. The van der Waals surface area contributed by atoms with Gasteiger partial charge in [0.2, 0.25) is 10.0 Å². The molecule has 1 amide bonds. The Hall–Kier alpha value is -3.39. The first kappa shape index (κ1) is 24.3. The lowest BCUT2D eigenvalue weighted by Gasteiger charge is -2.36. The van der Waals surface area contributed by atoms with Gasteiger partial charge in [-0.25, -0.2) is 23.2 Å². The Morgan fingerprint density at radius 3 is 2.58 bits per heavy atom. The SMILES string of the molecule is CCCS(=O)(=O)N(Cc1ccncn1)c1ccc(N2CCN(C(=O)OCC)CC2)c(C#N)c1. The summed E-state index contributed by atoms with van der Waals surface area (Å²) in [5, 5.41) is 9.81. The van der Waals surface area contributed by atoms with Crippen molar-refractivity contribution in [2.75, 3.05) is 47.7 Å². The van der Waals surface area contributed by atoms with E-state index >= 15 is 0 Å². The van der Waals surface area contributed by atoms with Crippen molar-refractivity contribution in [1.82, 2.24) is 14.9 Å². The first-order valence-corrected chi connectivity index (χ1v) is 12.5. The summed E-state index contributed by atoms with van der Waals surface area (Å²) in [4.78, 5) is 23.6. The van der Waals surface area contributed by atoms with Crippen molar-refractivity contribution < 1.29 is 17.9 Å². The van der Waals surface area contributed by atoms with Crippen molar-refractivity contribution >= 4 is 27.5 Å². The Bertz CT molecular complexity index is 1100. The number of benzene rings is 1. The van der Waals surface area contributed by atoms with E-state index in [0.29, 0.717) is 61.8 Å². The Balaban J connectivity index is 1.86. The molecule has 10 nitrogen and oxygen atoms in total. The van der Waals surface area contributed by atoms with Gasteiger partial charge in [0.05, 0.1) is 41.5 Å². The van der Waals surface area contributed by atoms with Crippen LogP contribution in [0.5, 0.6) is 0 Å². The minimum absolute atomic E-state index is 0.0163. The van der Waals surface area contributed by atoms with Crippen molar-refractivity contribution in [3.05, 3.63) is 48.0 Å². The first-order valence-electron chi connectivity index (χ1n) is 10.9. The van der Waals surface area contributed by atoms with Crippen molar-refractivity contribution in [3.8, 4) is 6.07 Å². The summed E-state index contributed by atoms with van der Waals surface area (Å²) >= 11 is 0. The summed E-state index contributed by atoms with van der Waals surface area (Å²) in [6, 6.07) is 8.93. The molecule has 11 heteroatoms. The molecule has 2 heterocycles. The van der Waals surface area contributed by atoms with E-state index in [1.165, 1.54) is 10.6 Å². The zero-order chi connectivity index (χ0) is 23.8. The van der Waals surface area contributed by atoms with E-state index in [9.17, 15) is 18.5 Å². The topological polar surface area (TPSA) is 120 Å². The Morgan fingerprint density at radius 1 is 1.21 bits per heavy atom. The van der Waals surface area contributed by atoms with Crippen LogP contribution in [0, 0.1) is 11.3 Å². The fourth-order valence-electron chi connectivity index (χ4n) is 3.67. The average molecular weight is 473 g/mol. The number of hydrogen-bond donors (Lipinski definition) is 0. The normalized spacial score (nSPS) is 14.0. The molecule has 1 aromatic carbocycles. The van der Waals surface area contributed by atoms with Gasteiger partial charge < -0.3 is 14.5 Å². The van der Waals surface area contributed by atoms with Crippen LogP contribution < -0.4 is 9.21 Å². The largest absolute Gasteiger partial charge is 0.450 e. The molecule has 0 N–H and O–H groups in total. The molecule has 1 saturated heterocycles. The molecule has 1 aliphatic rings. The maximum Gasteiger partial charge on any atom is 0.409 e. The number of ether oxygens (including phenoxy) is 1. The third-order valence-corrected chi connectivity index (χ3v) is 7.22. The lowest BCUT2D eigenvalue weighted by Crippen LogP contribution is -2.49. The minimum Gasteiger partial charge on any atom is -0.450 e. The molecular formula is C22H28N6O4S. The number of rotatable bonds is 8. The van der Waals surface area contributed by atoms with Crippen LogP contribution in [-0.2, 0) is 21.3 Å². The molecule has 1 aliphatic heterocycles. The highest BCUT2D eigenvalue weighted by Crippen LogP contribution is 2.29. The van der Waals surface area contributed by atoms with E-state index in [1.807, 2.05) is 4.90 Å². The number of amides is 1. The van der Waals surface area contributed by atoms with Gasteiger partial charge in [-0.05, 0) is 37.6 Å². The maximum atomic E-state index is 13.0. The molecule has 1 fully saturated rings. The second-order valence-corrected chi connectivity index (χ2v) is 9.52. The van der Waals surface area contributed by atoms with Gasteiger partial charge in [-0.15, -0.1) is 0 Å². The monoisotopic (exact) mass is 472 g/mol. The Morgan fingerprint density at radius 2 is 1.97 bits per heavy atom. The summed E-state index contributed by atoms with van der Waals surface area (Å²) in [7, 11) is -3.62. The van der Waals surface area contributed by atoms with Crippen LogP contribution in [0.4, 0.5) is 16.2 Å². The van der Waals surface area contributed by atoms with E-state index in [0.717, 1.165) is 0 Å². The van der Waals surface area contributed by atoms with Gasteiger partial charge in [0.1, 0.15) is 12.4 Å². The van der Waals surface area contributed by atoms with Crippen LogP contribution >= 0.6 is 0 Å². The highest BCUT2D eigenvalue weighted by molar-refractivity contribution is 7.92. The number of carbonyl (C=O) groups is 1. The van der Waals surface area contributed by atoms with Crippen molar-refractivity contribution in [1.29, 1.82) is 5.26 Å². The molecular weight excluding hydrogens is 444 g/mol. The van der Waals surface area contributed by atoms with Crippen LogP contribution in [0.25, 0.3) is 0 Å². The second-order valence-electron chi connectivity index (χ2n) is 7.51. The van der Waals surface area contributed by atoms with Crippen LogP contribution in [0.15, 0.2) is 36.8 Å². The molecule has 0 atom stereocenters. The Kier molecular flexibility index (Phi) is 8.06. The number of nitrogens with zero attached hydrogens (tertiary/aromatic N) is 6. The zero-order valence-electron chi connectivity index (χ0n) is 18.8. The van der Waals surface area contributed by atoms with Crippen molar-refractivity contribution in [3.63, 3.8) is 0 Å². The zero-order valence-corrected chi connectivity index (χ0v) is 19.7. The molecule has 33 heavy (non-hydrogen) atoms. The fraction of sp³-hybridized carbons (Fsp3) is 0.455. The summed E-state index contributed by atoms with van der Waals surface area (Å²) < 4.78 is 32.4. The molecule has 1 aromatic heterocycles. The second kappa shape index (κ2) is 11.0. The predicted octanol–water partition coefficient (Wildman–Crippen LogP) is 2.37. The van der Waals surface area contributed by atoms with Gasteiger partial charge in [0.15, 0.2) is 0 Å². The Labute approximate surface area is 194 Å². The quantitative estimate of drug-likeness (QED) is 0.574. The number of carbonyl (C=O) groups excluding carboxylic acids is 1. The molecule has 0 unspecified atom stereocenters. The van der Waals surface area contributed by atoms with Gasteiger partial charge in [0.25, 0.3) is 0 Å². The summed E-state index contributed by atoms with van der Waals surface area (Å²) in [5.41, 5.74) is 2.05. The molecule has 176 valence electrons. The highest BCUT2D eigenvalue weighted by Gasteiger charge is 2.26. The van der Waals surface area contributed by atoms with Crippen LogP contribution in [-0.4, -0.2) is 67.9 Å². The number of aromatic nitrogens is 2. The van der Waals surface area contributed by atoms with Crippen LogP contribution in [0.1, 0.15) is 31.5 Å². The third kappa shape index (κ3) is 5.90. The standard InChI is InChI=1S/C22H28N6O4S/c1-3-13-33(30,31)28(16-19-7-8-24-17-25-19)20-5-6-21(18(14-20)15-23)26-9-11-27(12-10-26)22(29)32-4-2/h5-8,14,17H,3-4,9-13,16H2,1-2H3. The number of nitriles is 1. The highest BCUT2D eigenvalue weighted by atomic mass is 32.2.